The van der Waals surface area contributed by atoms with E-state index in [1.54, 1.807) is 42.5 Å². The molecule has 3 N–H and O–H groups in total. The SMILES string of the molecule is CC(=O)c1ccc(-c2cc(NCCc3ccc(O)cc3)nc(O)n2)cc1. The Morgan fingerprint density at radius 3 is 2.35 bits per heavy atom. The number of nitrogens with zero attached hydrogens (tertiary/aromatic N) is 2. The lowest BCUT2D eigenvalue weighted by atomic mass is 10.1. The number of rotatable bonds is 6. The van der Waals surface area contributed by atoms with E-state index >= 15 is 0 Å². The molecule has 1 aromatic heterocycles. The first-order chi connectivity index (χ1) is 12.5. The smallest absolute Gasteiger partial charge is 0.316 e. The average Bonchev–Trinajstić information content (AvgIpc) is 2.63. The minimum Gasteiger partial charge on any atom is -0.508 e. The van der Waals surface area contributed by atoms with Crippen molar-refractivity contribution in [2.75, 3.05) is 11.9 Å². The monoisotopic (exact) mass is 349 g/mol. The molecule has 0 bridgehead atoms. The fourth-order valence-electron chi connectivity index (χ4n) is 2.55. The highest BCUT2D eigenvalue weighted by Crippen LogP contribution is 2.22. The van der Waals surface area contributed by atoms with Gasteiger partial charge >= 0.3 is 6.01 Å². The molecule has 0 saturated heterocycles. The van der Waals surface area contributed by atoms with Crippen LogP contribution in [0.4, 0.5) is 5.82 Å². The molecule has 132 valence electrons. The molecule has 0 amide bonds. The van der Waals surface area contributed by atoms with Gasteiger partial charge in [-0.2, -0.15) is 9.97 Å². The number of carbonyl (C=O) groups excluding carboxylic acids is 1. The highest BCUT2D eigenvalue weighted by Gasteiger charge is 2.07. The van der Waals surface area contributed by atoms with E-state index in [1.165, 1.54) is 6.92 Å². The first-order valence-corrected chi connectivity index (χ1v) is 8.22. The van der Waals surface area contributed by atoms with Crippen molar-refractivity contribution in [3.8, 4) is 23.0 Å². The number of phenolic OH excluding ortho intramolecular Hbond substituents is 1. The Morgan fingerprint density at radius 1 is 1.00 bits per heavy atom. The van der Waals surface area contributed by atoms with E-state index in [-0.39, 0.29) is 17.5 Å². The standard InChI is InChI=1S/C20H19N3O3/c1-13(24)15-4-6-16(7-5-15)18-12-19(23-20(26)22-18)21-11-10-14-2-8-17(25)9-3-14/h2-9,12,25H,10-11H2,1H3,(H2,21,22,23,26). The molecule has 0 unspecified atom stereocenters. The van der Waals surface area contributed by atoms with Crippen LogP contribution in [0.25, 0.3) is 11.3 Å². The number of aromatic hydroxyl groups is 2. The Kier molecular flexibility index (Phi) is 5.12. The highest BCUT2D eigenvalue weighted by atomic mass is 16.3. The van der Waals surface area contributed by atoms with Crippen LogP contribution >= 0.6 is 0 Å². The van der Waals surface area contributed by atoms with E-state index in [4.69, 9.17) is 0 Å². The van der Waals surface area contributed by atoms with Crippen molar-refractivity contribution in [3.05, 3.63) is 65.7 Å². The first-order valence-electron chi connectivity index (χ1n) is 8.22. The maximum atomic E-state index is 11.4. The van der Waals surface area contributed by atoms with Gasteiger partial charge in [-0.15, -0.1) is 0 Å². The second-order valence-electron chi connectivity index (χ2n) is 5.92. The minimum atomic E-state index is -0.315. The number of hydrogen-bond donors (Lipinski definition) is 3. The lowest BCUT2D eigenvalue weighted by molar-refractivity contribution is 0.101. The fourth-order valence-corrected chi connectivity index (χ4v) is 2.55. The van der Waals surface area contributed by atoms with E-state index in [9.17, 15) is 15.0 Å². The summed E-state index contributed by atoms with van der Waals surface area (Å²) >= 11 is 0. The molecule has 0 radical (unpaired) electrons. The zero-order valence-corrected chi connectivity index (χ0v) is 14.3. The molecule has 3 aromatic rings. The summed E-state index contributed by atoms with van der Waals surface area (Å²) in [7, 11) is 0. The summed E-state index contributed by atoms with van der Waals surface area (Å²) in [4.78, 5) is 19.4. The highest BCUT2D eigenvalue weighted by molar-refractivity contribution is 5.94. The van der Waals surface area contributed by atoms with E-state index in [2.05, 4.69) is 15.3 Å². The summed E-state index contributed by atoms with van der Waals surface area (Å²) in [5.41, 5.74) is 3.06. The van der Waals surface area contributed by atoms with Crippen LogP contribution in [0.15, 0.2) is 54.6 Å². The molecule has 1 heterocycles. The Hall–Kier alpha value is -3.41. The summed E-state index contributed by atoms with van der Waals surface area (Å²) < 4.78 is 0. The first kappa shape index (κ1) is 17.4. The summed E-state index contributed by atoms with van der Waals surface area (Å²) in [6.07, 6.45) is 0.744. The van der Waals surface area contributed by atoms with Gasteiger partial charge in [0, 0.05) is 23.7 Å². The molecular weight excluding hydrogens is 330 g/mol. The molecule has 0 fully saturated rings. The van der Waals surface area contributed by atoms with Gasteiger partial charge in [-0.3, -0.25) is 4.79 Å². The van der Waals surface area contributed by atoms with Crippen molar-refractivity contribution in [2.24, 2.45) is 0 Å². The molecule has 6 nitrogen and oxygen atoms in total. The number of hydrogen-bond acceptors (Lipinski definition) is 6. The zero-order valence-electron chi connectivity index (χ0n) is 14.3. The predicted molar refractivity (Wildman–Crippen MR) is 99.4 cm³/mol. The second-order valence-corrected chi connectivity index (χ2v) is 5.92. The van der Waals surface area contributed by atoms with Crippen LogP contribution in [0.2, 0.25) is 0 Å². The van der Waals surface area contributed by atoms with Crippen LogP contribution < -0.4 is 5.32 Å². The number of nitrogens with one attached hydrogen (secondary N) is 1. The molecular formula is C20H19N3O3. The number of benzene rings is 2. The number of aromatic nitrogens is 2. The Bertz CT molecular complexity index is 907. The Balaban J connectivity index is 1.70. The number of anilines is 1. The van der Waals surface area contributed by atoms with Gasteiger partial charge in [0.1, 0.15) is 11.6 Å². The van der Waals surface area contributed by atoms with Crippen molar-refractivity contribution in [3.63, 3.8) is 0 Å². The van der Waals surface area contributed by atoms with Gasteiger partial charge in [0.05, 0.1) is 5.69 Å². The van der Waals surface area contributed by atoms with E-state index < -0.39 is 0 Å². The molecule has 0 atom stereocenters. The predicted octanol–water partition coefficient (Wildman–Crippen LogP) is 3.41. The topological polar surface area (TPSA) is 95.3 Å². The van der Waals surface area contributed by atoms with Gasteiger partial charge in [-0.25, -0.2) is 0 Å². The van der Waals surface area contributed by atoms with Gasteiger partial charge in [-0.05, 0) is 31.0 Å². The fraction of sp³-hybridized carbons (Fsp3) is 0.150. The largest absolute Gasteiger partial charge is 0.508 e. The number of Topliss-reactive ketones (excluding diaryl/α,β-unsaturated/α-hetero) is 1. The Labute approximate surface area is 151 Å². The lowest BCUT2D eigenvalue weighted by Gasteiger charge is -2.08. The van der Waals surface area contributed by atoms with Crippen LogP contribution in [0.5, 0.6) is 11.8 Å². The quantitative estimate of drug-likeness (QED) is 0.590. The van der Waals surface area contributed by atoms with Gasteiger partial charge in [0.2, 0.25) is 0 Å². The summed E-state index contributed by atoms with van der Waals surface area (Å²) in [6.45, 7) is 2.13. The van der Waals surface area contributed by atoms with Gasteiger partial charge in [0.25, 0.3) is 0 Å². The number of carbonyl (C=O) groups is 1. The molecule has 0 spiro atoms. The van der Waals surface area contributed by atoms with E-state index in [0.29, 0.717) is 23.6 Å². The van der Waals surface area contributed by atoms with Crippen molar-refractivity contribution in [1.29, 1.82) is 0 Å². The number of phenols is 1. The van der Waals surface area contributed by atoms with E-state index in [1.807, 2.05) is 12.1 Å². The van der Waals surface area contributed by atoms with E-state index in [0.717, 1.165) is 17.5 Å². The molecule has 0 aliphatic heterocycles. The summed E-state index contributed by atoms with van der Waals surface area (Å²) in [6, 6.07) is 15.5. The number of ketones is 1. The van der Waals surface area contributed by atoms with Crippen molar-refractivity contribution in [1.82, 2.24) is 9.97 Å². The third kappa shape index (κ3) is 4.36. The molecule has 0 saturated carbocycles. The van der Waals surface area contributed by atoms with Crippen molar-refractivity contribution in [2.45, 2.75) is 13.3 Å². The molecule has 0 aliphatic rings. The van der Waals surface area contributed by atoms with Crippen molar-refractivity contribution < 1.29 is 15.0 Å². The molecule has 6 heteroatoms. The molecule has 0 aliphatic carbocycles. The summed E-state index contributed by atoms with van der Waals surface area (Å²) in [5, 5.41) is 22.3. The van der Waals surface area contributed by atoms with Crippen LogP contribution in [0, 0.1) is 0 Å². The van der Waals surface area contributed by atoms with Crippen LogP contribution in [-0.2, 0) is 6.42 Å². The van der Waals surface area contributed by atoms with Crippen LogP contribution in [-0.4, -0.2) is 32.5 Å². The van der Waals surface area contributed by atoms with Gasteiger partial charge < -0.3 is 15.5 Å². The zero-order chi connectivity index (χ0) is 18.5. The maximum Gasteiger partial charge on any atom is 0.316 e. The summed E-state index contributed by atoms with van der Waals surface area (Å²) in [5.74, 6) is 0.753. The van der Waals surface area contributed by atoms with Crippen LogP contribution in [0.1, 0.15) is 22.8 Å². The normalized spacial score (nSPS) is 10.5. The van der Waals surface area contributed by atoms with Gasteiger partial charge in [0.15, 0.2) is 5.78 Å². The molecule has 3 rings (SSSR count). The molecule has 26 heavy (non-hydrogen) atoms. The molecule has 2 aromatic carbocycles. The minimum absolute atomic E-state index is 0.00123. The second kappa shape index (κ2) is 7.65. The Morgan fingerprint density at radius 2 is 1.69 bits per heavy atom. The third-order valence-electron chi connectivity index (χ3n) is 3.96. The van der Waals surface area contributed by atoms with Gasteiger partial charge in [-0.1, -0.05) is 36.4 Å². The van der Waals surface area contributed by atoms with Crippen LogP contribution in [0.3, 0.4) is 0 Å². The maximum absolute atomic E-state index is 11.4. The lowest BCUT2D eigenvalue weighted by Crippen LogP contribution is -2.07. The average molecular weight is 349 g/mol. The van der Waals surface area contributed by atoms with Crippen molar-refractivity contribution >= 4 is 11.6 Å². The third-order valence-corrected chi connectivity index (χ3v) is 3.96.